The van der Waals surface area contributed by atoms with Crippen LogP contribution < -0.4 is 0 Å². The Hall–Kier alpha value is 1.84. The van der Waals surface area contributed by atoms with Crippen LogP contribution in [0.1, 0.15) is 0 Å². The molecule has 0 fully saturated rings. The fourth-order valence-corrected chi connectivity index (χ4v) is 0. The molecule has 3 nitrogen and oxygen atoms in total. The van der Waals surface area contributed by atoms with E-state index in [0.29, 0.717) is 0 Å². The van der Waals surface area contributed by atoms with Gasteiger partial charge in [-0.25, -0.2) is 0 Å². The molecule has 6 heavy (non-hydrogen) atoms. The molecule has 0 saturated carbocycles. The summed E-state index contributed by atoms with van der Waals surface area (Å²) in [4.78, 5) is 0. The third-order valence-corrected chi connectivity index (χ3v) is 0. The molecule has 0 aliphatic heterocycles. The van der Waals surface area contributed by atoms with Crippen LogP contribution in [-0.4, -0.2) is 60.6 Å². The van der Waals surface area contributed by atoms with Gasteiger partial charge < -0.3 is 16.4 Å². The van der Waals surface area contributed by atoms with Gasteiger partial charge in [0.05, 0.1) is 0 Å². The van der Waals surface area contributed by atoms with Gasteiger partial charge in [-0.15, -0.1) is 0 Å². The second-order valence-electron chi connectivity index (χ2n) is 0. The zero-order chi connectivity index (χ0) is 0. The summed E-state index contributed by atoms with van der Waals surface area (Å²) in [7, 11) is 0. The Morgan fingerprint density at radius 2 is 0.667 bits per heavy atom. The van der Waals surface area contributed by atoms with Crippen molar-refractivity contribution in [3.05, 3.63) is 0 Å². The first-order valence-electron chi connectivity index (χ1n) is 0. The molecule has 0 aromatic rings. The van der Waals surface area contributed by atoms with Gasteiger partial charge in [0.2, 0.25) is 0 Å². The largest absolute Gasteiger partial charge is 3.00 e. The van der Waals surface area contributed by atoms with Gasteiger partial charge in [0.25, 0.3) is 0 Å². The van der Waals surface area contributed by atoms with Gasteiger partial charge in [-0.1, -0.05) is 0 Å². The van der Waals surface area contributed by atoms with Crippen LogP contribution in [0.2, 0.25) is 0 Å². The van der Waals surface area contributed by atoms with Gasteiger partial charge in [-0.3, -0.25) is 0 Å². The number of hydrogen-bond donors (Lipinski definition) is 0. The smallest absolute Gasteiger partial charge is 0.870 e. The van der Waals surface area contributed by atoms with Crippen molar-refractivity contribution in [1.82, 2.24) is 0 Å². The molecule has 0 spiro atoms. The van der Waals surface area contributed by atoms with Crippen molar-refractivity contribution in [1.29, 1.82) is 0 Å². The van der Waals surface area contributed by atoms with Crippen molar-refractivity contribution in [3.8, 4) is 0 Å². The normalized spacial score (nSPS) is 0. The molecule has 0 aromatic heterocycles. The van der Waals surface area contributed by atoms with Gasteiger partial charge in [-0.2, -0.15) is 0 Å². The Kier molecular flexibility index (Phi) is 1240. The average molecular weight is 391 g/mol. The summed E-state index contributed by atoms with van der Waals surface area (Å²) in [6, 6.07) is 0. The van der Waals surface area contributed by atoms with Crippen molar-refractivity contribution in [2.45, 2.75) is 0 Å². The molecular formula is H3AsBiFeO3. The predicted molar refractivity (Wildman–Crippen MR) is 17.3 cm³/mol. The third kappa shape index (κ3) is 40.4. The molecular weight excluding hydrogens is 388 g/mol. The topological polar surface area (TPSA) is 90.0 Å². The quantitative estimate of drug-likeness (QED) is 0.482. The monoisotopic (exact) mass is 391 g/mol. The Labute approximate surface area is 77.1 Å². The van der Waals surface area contributed by atoms with Gasteiger partial charge in [0.1, 0.15) is 0 Å². The minimum absolute atomic E-state index is 0. The van der Waals surface area contributed by atoms with E-state index < -0.39 is 0 Å². The summed E-state index contributed by atoms with van der Waals surface area (Å²) in [6.45, 7) is 0. The van der Waals surface area contributed by atoms with Crippen LogP contribution in [-0.2, 0) is 17.1 Å². The van der Waals surface area contributed by atoms with Gasteiger partial charge >= 0.3 is 26.2 Å². The SMILES string of the molecule is [As].[Bi+3].[Fe].[OH-].[OH-].[OH-]. The van der Waals surface area contributed by atoms with Crippen LogP contribution >= 0.6 is 0 Å². The standard InChI is InChI=1S/As.Bi.Fe.3H2O/h;;;3*1H2/q;+3;;;;/p-3. The van der Waals surface area contributed by atoms with Crippen LogP contribution in [0, 0.1) is 0 Å². The van der Waals surface area contributed by atoms with Crippen molar-refractivity contribution < 1.29 is 33.5 Å². The van der Waals surface area contributed by atoms with E-state index in [2.05, 4.69) is 0 Å². The van der Waals surface area contributed by atoms with E-state index in [1.807, 2.05) is 0 Å². The second-order valence-corrected chi connectivity index (χ2v) is 0. The average Bonchev–Trinajstić information content (AvgIpc) is 0. The minimum atomic E-state index is 0. The Balaban J connectivity index is 0. The molecule has 0 aromatic carbocycles. The molecule has 6 heteroatoms. The summed E-state index contributed by atoms with van der Waals surface area (Å²) in [6.07, 6.45) is 0. The van der Waals surface area contributed by atoms with Gasteiger partial charge in [0, 0.05) is 35.0 Å². The Bertz CT molecular complexity index is 10.8. The predicted octanol–water partition coefficient (Wildman–Crippen LogP) is -1.29. The maximum Gasteiger partial charge on any atom is 3.00 e. The van der Waals surface area contributed by atoms with E-state index in [0.717, 1.165) is 0 Å². The second kappa shape index (κ2) is 68.9. The Morgan fingerprint density at radius 3 is 0.667 bits per heavy atom. The first-order valence-corrected chi connectivity index (χ1v) is 0. The first-order chi connectivity index (χ1) is 0. The van der Waals surface area contributed by atoms with E-state index >= 15 is 0 Å². The summed E-state index contributed by atoms with van der Waals surface area (Å²) < 4.78 is 0. The Morgan fingerprint density at radius 1 is 0.667 bits per heavy atom. The molecule has 0 rings (SSSR count). The fourth-order valence-electron chi connectivity index (χ4n) is 0. The molecule has 0 heterocycles. The van der Waals surface area contributed by atoms with Gasteiger partial charge in [0.15, 0.2) is 0 Å². The van der Waals surface area contributed by atoms with E-state index in [1.54, 1.807) is 0 Å². The summed E-state index contributed by atoms with van der Waals surface area (Å²) in [5.41, 5.74) is 0. The maximum atomic E-state index is 0. The molecule has 0 atom stereocenters. The van der Waals surface area contributed by atoms with Crippen LogP contribution in [0.25, 0.3) is 0 Å². The van der Waals surface area contributed by atoms with E-state index in [9.17, 15) is 0 Å². The van der Waals surface area contributed by atoms with Gasteiger partial charge in [-0.05, 0) is 0 Å². The zero-order valence-corrected chi connectivity index (χ0v) is 9.05. The third-order valence-electron chi connectivity index (χ3n) is 0. The molecule has 3 N–H and O–H groups in total. The summed E-state index contributed by atoms with van der Waals surface area (Å²) in [5, 5.41) is 0. The van der Waals surface area contributed by atoms with Crippen LogP contribution in [0.3, 0.4) is 0 Å². The van der Waals surface area contributed by atoms with Crippen LogP contribution in [0.5, 0.6) is 0 Å². The molecule has 0 amide bonds. The van der Waals surface area contributed by atoms with E-state index in [4.69, 9.17) is 0 Å². The van der Waals surface area contributed by atoms with Crippen molar-refractivity contribution in [3.63, 3.8) is 0 Å². The zero-order valence-electron chi connectivity index (χ0n) is 2.59. The summed E-state index contributed by atoms with van der Waals surface area (Å²) in [5.74, 6) is 0. The molecule has 5 radical (unpaired) electrons. The molecule has 0 unspecified atom stereocenters. The van der Waals surface area contributed by atoms with Crippen LogP contribution in [0.15, 0.2) is 0 Å². The number of hydrogen-bond acceptors (Lipinski definition) is 3. The van der Waals surface area contributed by atoms with Crippen molar-refractivity contribution in [2.75, 3.05) is 0 Å². The fraction of sp³-hybridized carbons (Fsp3) is 0. The molecule has 0 bridgehead atoms. The van der Waals surface area contributed by atoms with E-state index in [1.165, 1.54) is 0 Å². The van der Waals surface area contributed by atoms with Crippen LogP contribution in [0.4, 0.5) is 0 Å². The summed E-state index contributed by atoms with van der Waals surface area (Å²) >= 11 is 0. The van der Waals surface area contributed by atoms with Crippen molar-refractivity contribution in [2.24, 2.45) is 0 Å². The van der Waals surface area contributed by atoms with E-state index in [-0.39, 0.29) is 77.7 Å². The maximum absolute atomic E-state index is 0. The molecule has 0 aliphatic rings. The first kappa shape index (κ1) is 108. The molecule has 39 valence electrons. The molecule has 0 saturated heterocycles. The molecule has 0 aliphatic carbocycles. The van der Waals surface area contributed by atoms with Crippen molar-refractivity contribution >= 4 is 44.2 Å². The minimum Gasteiger partial charge on any atom is -0.870 e. The number of rotatable bonds is 0.